The third kappa shape index (κ3) is 1.28. The summed E-state index contributed by atoms with van der Waals surface area (Å²) < 4.78 is 0. The van der Waals surface area contributed by atoms with Gasteiger partial charge in [0.1, 0.15) is 0 Å². The third-order valence-electron chi connectivity index (χ3n) is 3.74. The summed E-state index contributed by atoms with van der Waals surface area (Å²) in [5, 5.41) is 6.02. The van der Waals surface area contributed by atoms with Crippen LogP contribution < -0.4 is 15.8 Å². The molecular formula is C17H13N. The molecule has 0 aromatic heterocycles. The average molecular weight is 231 g/mol. The van der Waals surface area contributed by atoms with Crippen molar-refractivity contribution in [3.8, 4) is 0 Å². The summed E-state index contributed by atoms with van der Waals surface area (Å²) >= 11 is 0. The number of allylic oxidation sites excluding steroid dienone is 8. The molecule has 2 aliphatic carbocycles. The van der Waals surface area contributed by atoms with Gasteiger partial charge in [-0.25, -0.2) is 0 Å². The smallest absolute Gasteiger partial charge is 0.0428 e. The summed E-state index contributed by atoms with van der Waals surface area (Å²) in [7, 11) is 0. The zero-order chi connectivity index (χ0) is 11.9. The first-order chi connectivity index (χ1) is 8.93. The first-order valence-electron chi connectivity index (χ1n) is 6.26. The van der Waals surface area contributed by atoms with E-state index in [9.17, 15) is 0 Å². The topological polar surface area (TPSA) is 12.0 Å². The van der Waals surface area contributed by atoms with Gasteiger partial charge >= 0.3 is 0 Å². The third-order valence-corrected chi connectivity index (χ3v) is 3.74. The van der Waals surface area contributed by atoms with E-state index >= 15 is 0 Å². The van der Waals surface area contributed by atoms with Crippen LogP contribution in [0, 0.1) is 5.92 Å². The number of benzene rings is 1. The molecule has 1 aromatic rings. The van der Waals surface area contributed by atoms with Gasteiger partial charge in [0.2, 0.25) is 0 Å². The normalized spacial score (nSPS) is 22.9. The van der Waals surface area contributed by atoms with Crippen LogP contribution >= 0.6 is 0 Å². The summed E-state index contributed by atoms with van der Waals surface area (Å²) in [4.78, 5) is 0. The molecule has 1 aliphatic heterocycles. The van der Waals surface area contributed by atoms with E-state index in [1.807, 2.05) is 0 Å². The molecule has 1 unspecified atom stereocenters. The quantitative estimate of drug-likeness (QED) is 0.717. The van der Waals surface area contributed by atoms with Crippen molar-refractivity contribution in [1.29, 1.82) is 0 Å². The number of nitrogens with one attached hydrogen (secondary N) is 1. The van der Waals surface area contributed by atoms with E-state index in [0.29, 0.717) is 5.92 Å². The molecule has 0 spiro atoms. The van der Waals surface area contributed by atoms with E-state index in [2.05, 4.69) is 72.2 Å². The van der Waals surface area contributed by atoms with Crippen LogP contribution in [0.4, 0.5) is 0 Å². The first-order valence-corrected chi connectivity index (χ1v) is 6.26. The van der Waals surface area contributed by atoms with Crippen LogP contribution in [-0.4, -0.2) is 0 Å². The zero-order valence-corrected chi connectivity index (χ0v) is 9.93. The van der Waals surface area contributed by atoms with Crippen molar-refractivity contribution in [3.05, 3.63) is 82.4 Å². The van der Waals surface area contributed by atoms with E-state index in [0.717, 1.165) is 0 Å². The van der Waals surface area contributed by atoms with Crippen LogP contribution in [0.5, 0.6) is 0 Å². The Morgan fingerprint density at radius 2 is 1.94 bits per heavy atom. The van der Waals surface area contributed by atoms with E-state index in [1.54, 1.807) is 0 Å². The van der Waals surface area contributed by atoms with Crippen LogP contribution in [0.2, 0.25) is 0 Å². The van der Waals surface area contributed by atoms with Crippen molar-refractivity contribution in [2.75, 3.05) is 0 Å². The summed E-state index contributed by atoms with van der Waals surface area (Å²) in [5.74, 6) is 0.386. The molecular weight excluding hydrogens is 218 g/mol. The summed E-state index contributed by atoms with van der Waals surface area (Å²) in [6.07, 6.45) is 15.2. The standard InChI is InChI=1S/C17H13N/c1-3-7-14-12(5-1)9-10-16-17(14)15-8-4-2-6-13(15)11-18-16/h1-11,14,18H. The van der Waals surface area contributed by atoms with Gasteiger partial charge in [0, 0.05) is 17.8 Å². The van der Waals surface area contributed by atoms with Gasteiger partial charge < -0.3 is 5.32 Å². The minimum Gasteiger partial charge on any atom is -0.361 e. The Balaban J connectivity index is 2.09. The molecule has 0 saturated carbocycles. The van der Waals surface area contributed by atoms with Gasteiger partial charge in [0.25, 0.3) is 0 Å². The van der Waals surface area contributed by atoms with Crippen molar-refractivity contribution < 1.29 is 0 Å². The molecule has 1 nitrogen and oxygen atoms in total. The molecule has 0 fully saturated rings. The lowest BCUT2D eigenvalue weighted by atomic mass is 9.80. The van der Waals surface area contributed by atoms with E-state index in [1.165, 1.54) is 27.3 Å². The highest BCUT2D eigenvalue weighted by Crippen LogP contribution is 2.34. The van der Waals surface area contributed by atoms with Gasteiger partial charge in [-0.1, -0.05) is 54.6 Å². The Bertz CT molecular complexity index is 757. The maximum Gasteiger partial charge on any atom is 0.0428 e. The van der Waals surface area contributed by atoms with Crippen LogP contribution in [-0.2, 0) is 0 Å². The van der Waals surface area contributed by atoms with Crippen molar-refractivity contribution in [3.63, 3.8) is 0 Å². The van der Waals surface area contributed by atoms with E-state index in [-0.39, 0.29) is 0 Å². The van der Waals surface area contributed by atoms with Crippen molar-refractivity contribution >= 4 is 11.8 Å². The summed E-state index contributed by atoms with van der Waals surface area (Å²) in [6, 6.07) is 8.57. The van der Waals surface area contributed by atoms with Gasteiger partial charge in [0.15, 0.2) is 0 Å². The Morgan fingerprint density at radius 1 is 1.00 bits per heavy atom. The second kappa shape index (κ2) is 3.61. The molecule has 1 heterocycles. The minimum absolute atomic E-state index is 0.386. The molecule has 4 rings (SSSR count). The number of fused-ring (bicyclic) bond motifs is 4. The van der Waals surface area contributed by atoms with Crippen LogP contribution in [0.3, 0.4) is 0 Å². The molecule has 1 atom stereocenters. The molecule has 0 saturated heterocycles. The maximum atomic E-state index is 3.41. The summed E-state index contributed by atoms with van der Waals surface area (Å²) in [5.41, 5.74) is 3.99. The number of rotatable bonds is 0. The maximum absolute atomic E-state index is 3.41. The van der Waals surface area contributed by atoms with Crippen molar-refractivity contribution in [2.24, 2.45) is 5.92 Å². The first kappa shape index (κ1) is 9.72. The lowest BCUT2D eigenvalue weighted by molar-refractivity contribution is 0.947. The SMILES string of the molecule is C1=CC2=CC=C3NC=c4ccccc4=C3C2C=C1. The second-order valence-electron chi connectivity index (χ2n) is 4.76. The number of hydrogen-bond acceptors (Lipinski definition) is 1. The highest BCUT2D eigenvalue weighted by Gasteiger charge is 2.24. The fourth-order valence-corrected chi connectivity index (χ4v) is 2.88. The molecule has 1 N–H and O–H groups in total. The second-order valence-corrected chi connectivity index (χ2v) is 4.76. The van der Waals surface area contributed by atoms with Gasteiger partial charge in [0.05, 0.1) is 0 Å². The van der Waals surface area contributed by atoms with Gasteiger partial charge in [-0.05, 0) is 27.7 Å². The zero-order valence-electron chi connectivity index (χ0n) is 9.93. The molecule has 1 aromatic carbocycles. The Kier molecular flexibility index (Phi) is 1.95. The van der Waals surface area contributed by atoms with E-state index < -0.39 is 0 Å². The van der Waals surface area contributed by atoms with Crippen LogP contribution in [0.15, 0.2) is 72.0 Å². The Hall–Kier alpha value is -2.28. The van der Waals surface area contributed by atoms with Gasteiger partial charge in [-0.3, -0.25) is 0 Å². The minimum atomic E-state index is 0.386. The molecule has 18 heavy (non-hydrogen) atoms. The lowest BCUT2D eigenvalue weighted by Gasteiger charge is -2.28. The predicted octanol–water partition coefficient (Wildman–Crippen LogP) is 1.74. The molecule has 0 amide bonds. The van der Waals surface area contributed by atoms with Crippen LogP contribution in [0.1, 0.15) is 0 Å². The molecule has 3 aliphatic rings. The van der Waals surface area contributed by atoms with E-state index in [4.69, 9.17) is 0 Å². The average Bonchev–Trinajstić information content (AvgIpc) is 2.46. The molecule has 0 bridgehead atoms. The van der Waals surface area contributed by atoms with Crippen molar-refractivity contribution in [1.82, 2.24) is 5.32 Å². The Morgan fingerprint density at radius 3 is 2.94 bits per heavy atom. The highest BCUT2D eigenvalue weighted by molar-refractivity contribution is 5.77. The lowest BCUT2D eigenvalue weighted by Crippen LogP contribution is -2.38. The number of hydrogen-bond donors (Lipinski definition) is 1. The predicted molar refractivity (Wildman–Crippen MR) is 74.6 cm³/mol. The fraction of sp³-hybridized carbons (Fsp3) is 0.0588. The Labute approximate surface area is 106 Å². The monoisotopic (exact) mass is 231 g/mol. The highest BCUT2D eigenvalue weighted by atomic mass is 14.9. The fourth-order valence-electron chi connectivity index (χ4n) is 2.88. The van der Waals surface area contributed by atoms with Crippen molar-refractivity contribution in [2.45, 2.75) is 0 Å². The molecule has 0 radical (unpaired) electrons. The van der Waals surface area contributed by atoms with Gasteiger partial charge in [-0.2, -0.15) is 0 Å². The molecule has 86 valence electrons. The van der Waals surface area contributed by atoms with Gasteiger partial charge in [-0.15, -0.1) is 0 Å². The largest absolute Gasteiger partial charge is 0.361 e. The van der Waals surface area contributed by atoms with Crippen LogP contribution in [0.25, 0.3) is 11.8 Å². The summed E-state index contributed by atoms with van der Waals surface area (Å²) in [6.45, 7) is 0. The molecule has 1 heteroatoms.